The maximum atomic E-state index is 13.9. The van der Waals surface area contributed by atoms with Crippen molar-refractivity contribution in [1.82, 2.24) is 9.88 Å². The van der Waals surface area contributed by atoms with Gasteiger partial charge in [-0.05, 0) is 37.3 Å². The van der Waals surface area contributed by atoms with Crippen LogP contribution in [0.3, 0.4) is 0 Å². The summed E-state index contributed by atoms with van der Waals surface area (Å²) >= 11 is 0. The molecule has 1 saturated heterocycles. The van der Waals surface area contributed by atoms with E-state index in [1.165, 1.54) is 18.9 Å². The molecule has 1 aromatic carbocycles. The lowest BCUT2D eigenvalue weighted by atomic mass is 10.1. The number of benzene rings is 1. The topological polar surface area (TPSA) is 46.3 Å². The maximum absolute atomic E-state index is 13.9. The van der Waals surface area contributed by atoms with Crippen molar-refractivity contribution in [3.8, 4) is 11.3 Å². The number of oxazole rings is 1. The minimum absolute atomic E-state index is 0.144. The monoisotopic (exact) mass is 286 g/mol. The lowest BCUT2D eigenvalue weighted by Crippen LogP contribution is -2.38. The minimum Gasteiger partial charge on any atom is -0.443 e. The molecule has 2 aliphatic rings. The van der Waals surface area contributed by atoms with Crippen LogP contribution >= 0.6 is 0 Å². The fourth-order valence-electron chi connectivity index (χ4n) is 3.54. The summed E-state index contributed by atoms with van der Waals surface area (Å²) in [5, 5.41) is 0. The molecule has 4 rings (SSSR count). The Labute approximate surface area is 121 Å². The highest BCUT2D eigenvalue weighted by molar-refractivity contribution is 5.98. The van der Waals surface area contributed by atoms with Crippen LogP contribution in [0.5, 0.6) is 0 Å². The Balaban J connectivity index is 1.69. The van der Waals surface area contributed by atoms with E-state index in [2.05, 4.69) is 4.98 Å². The van der Waals surface area contributed by atoms with Crippen LogP contribution in [0.15, 0.2) is 35.1 Å². The van der Waals surface area contributed by atoms with Crippen molar-refractivity contribution in [1.29, 1.82) is 0 Å². The predicted octanol–water partition coefficient (Wildman–Crippen LogP) is 3.11. The van der Waals surface area contributed by atoms with Crippen LogP contribution in [-0.4, -0.2) is 28.4 Å². The van der Waals surface area contributed by atoms with Crippen molar-refractivity contribution >= 4 is 5.91 Å². The molecule has 2 heterocycles. The van der Waals surface area contributed by atoms with Gasteiger partial charge in [0, 0.05) is 12.6 Å². The summed E-state index contributed by atoms with van der Waals surface area (Å²) in [5.74, 6) is 0.282. The standard InChI is InChI=1S/C16H15FN2O2/c17-13-4-2-1-3-12(13)15-14(18-9-21-15)16(20)19-8-10-5-6-11(19)7-10/h1-4,9-11H,5-8H2. The molecule has 21 heavy (non-hydrogen) atoms. The van der Waals surface area contributed by atoms with Gasteiger partial charge in [0.05, 0.1) is 5.56 Å². The van der Waals surface area contributed by atoms with Gasteiger partial charge in [0.2, 0.25) is 0 Å². The summed E-state index contributed by atoms with van der Waals surface area (Å²) in [7, 11) is 0. The zero-order valence-electron chi connectivity index (χ0n) is 11.5. The molecule has 108 valence electrons. The van der Waals surface area contributed by atoms with Gasteiger partial charge in [-0.25, -0.2) is 9.37 Å². The number of fused-ring (bicyclic) bond motifs is 2. The van der Waals surface area contributed by atoms with E-state index in [0.29, 0.717) is 12.0 Å². The third kappa shape index (κ3) is 1.95. The van der Waals surface area contributed by atoms with E-state index >= 15 is 0 Å². The Morgan fingerprint density at radius 2 is 2.19 bits per heavy atom. The highest BCUT2D eigenvalue weighted by Crippen LogP contribution is 2.39. The van der Waals surface area contributed by atoms with Crippen molar-refractivity contribution in [2.75, 3.05) is 6.54 Å². The van der Waals surface area contributed by atoms with Gasteiger partial charge >= 0.3 is 0 Å². The predicted molar refractivity (Wildman–Crippen MR) is 74.1 cm³/mol. The van der Waals surface area contributed by atoms with E-state index < -0.39 is 5.82 Å². The molecule has 1 amide bonds. The van der Waals surface area contributed by atoms with E-state index in [-0.39, 0.29) is 22.9 Å². The molecular formula is C16H15FN2O2. The van der Waals surface area contributed by atoms with E-state index in [0.717, 1.165) is 19.4 Å². The van der Waals surface area contributed by atoms with Gasteiger partial charge in [-0.3, -0.25) is 4.79 Å². The first-order chi connectivity index (χ1) is 10.2. The Bertz CT molecular complexity index is 697. The molecule has 4 nitrogen and oxygen atoms in total. The van der Waals surface area contributed by atoms with Crippen molar-refractivity contribution < 1.29 is 13.6 Å². The number of rotatable bonds is 2. The van der Waals surface area contributed by atoms with Crippen LogP contribution < -0.4 is 0 Å². The summed E-state index contributed by atoms with van der Waals surface area (Å²) in [5.41, 5.74) is 0.496. The van der Waals surface area contributed by atoms with Gasteiger partial charge in [0.15, 0.2) is 17.8 Å². The Morgan fingerprint density at radius 1 is 1.33 bits per heavy atom. The van der Waals surface area contributed by atoms with E-state index in [1.54, 1.807) is 18.2 Å². The van der Waals surface area contributed by atoms with Gasteiger partial charge in [-0.2, -0.15) is 0 Å². The number of carbonyl (C=O) groups excluding carboxylic acids is 1. The normalized spacial score (nSPS) is 23.8. The van der Waals surface area contributed by atoms with Gasteiger partial charge in [-0.1, -0.05) is 12.1 Å². The summed E-state index contributed by atoms with van der Waals surface area (Å²) in [6.07, 6.45) is 4.55. The zero-order valence-corrected chi connectivity index (χ0v) is 11.5. The second kappa shape index (κ2) is 4.69. The minimum atomic E-state index is -0.411. The quantitative estimate of drug-likeness (QED) is 0.852. The summed E-state index contributed by atoms with van der Waals surface area (Å²) in [6.45, 7) is 0.785. The molecule has 0 N–H and O–H groups in total. The van der Waals surface area contributed by atoms with E-state index in [4.69, 9.17) is 4.42 Å². The largest absolute Gasteiger partial charge is 0.443 e. The Kier molecular flexibility index (Phi) is 2.80. The third-order valence-corrected chi connectivity index (χ3v) is 4.56. The molecule has 2 aromatic rings. The van der Waals surface area contributed by atoms with Crippen molar-refractivity contribution in [3.63, 3.8) is 0 Å². The average molecular weight is 286 g/mol. The second-order valence-corrected chi connectivity index (χ2v) is 5.80. The molecule has 1 aromatic heterocycles. The molecule has 0 radical (unpaired) electrons. The van der Waals surface area contributed by atoms with Crippen LogP contribution in [0, 0.1) is 11.7 Å². The van der Waals surface area contributed by atoms with Crippen LogP contribution in [-0.2, 0) is 0 Å². The number of piperidine rings is 1. The van der Waals surface area contributed by atoms with Gasteiger partial charge in [-0.15, -0.1) is 0 Å². The SMILES string of the molecule is O=C(c1ncoc1-c1ccccc1F)N1CC2CCC1C2. The first-order valence-corrected chi connectivity index (χ1v) is 7.23. The fraction of sp³-hybridized carbons (Fsp3) is 0.375. The third-order valence-electron chi connectivity index (χ3n) is 4.56. The van der Waals surface area contributed by atoms with Crippen molar-refractivity contribution in [2.24, 2.45) is 5.92 Å². The first kappa shape index (κ1) is 12.6. The molecular weight excluding hydrogens is 271 g/mol. The van der Waals surface area contributed by atoms with Crippen LogP contribution in [0.2, 0.25) is 0 Å². The molecule has 1 aliphatic heterocycles. The lowest BCUT2D eigenvalue weighted by molar-refractivity contribution is 0.0698. The number of likely N-dealkylation sites (tertiary alicyclic amines) is 1. The van der Waals surface area contributed by atoms with Crippen molar-refractivity contribution in [2.45, 2.75) is 25.3 Å². The highest BCUT2D eigenvalue weighted by Gasteiger charge is 2.41. The Morgan fingerprint density at radius 3 is 2.90 bits per heavy atom. The number of nitrogens with zero attached hydrogens (tertiary/aromatic N) is 2. The van der Waals surface area contributed by atoms with E-state index in [9.17, 15) is 9.18 Å². The molecule has 0 spiro atoms. The van der Waals surface area contributed by atoms with Crippen molar-refractivity contribution in [3.05, 3.63) is 42.2 Å². The second-order valence-electron chi connectivity index (χ2n) is 5.80. The number of amides is 1. The number of halogens is 1. The summed E-state index contributed by atoms with van der Waals surface area (Å²) in [6, 6.07) is 6.59. The average Bonchev–Trinajstić information content (AvgIpc) is 3.23. The molecule has 1 aliphatic carbocycles. The highest BCUT2D eigenvalue weighted by atomic mass is 19.1. The number of aromatic nitrogens is 1. The smallest absolute Gasteiger partial charge is 0.276 e. The molecule has 2 atom stereocenters. The maximum Gasteiger partial charge on any atom is 0.276 e. The van der Waals surface area contributed by atoms with Gasteiger partial charge < -0.3 is 9.32 Å². The number of carbonyl (C=O) groups is 1. The molecule has 2 fully saturated rings. The molecule has 5 heteroatoms. The number of hydrogen-bond acceptors (Lipinski definition) is 3. The van der Waals surface area contributed by atoms with Crippen LogP contribution in [0.4, 0.5) is 4.39 Å². The van der Waals surface area contributed by atoms with Gasteiger partial charge in [0.1, 0.15) is 5.82 Å². The first-order valence-electron chi connectivity index (χ1n) is 7.23. The fourth-order valence-corrected chi connectivity index (χ4v) is 3.54. The lowest BCUT2D eigenvalue weighted by Gasteiger charge is -2.26. The van der Waals surface area contributed by atoms with E-state index in [1.807, 2.05) is 4.90 Å². The summed E-state index contributed by atoms with van der Waals surface area (Å²) < 4.78 is 19.2. The van der Waals surface area contributed by atoms with Crippen LogP contribution in [0.25, 0.3) is 11.3 Å². The molecule has 2 unspecified atom stereocenters. The summed E-state index contributed by atoms with van der Waals surface area (Å²) in [4.78, 5) is 18.6. The Hall–Kier alpha value is -2.17. The number of hydrogen-bond donors (Lipinski definition) is 0. The molecule has 1 saturated carbocycles. The zero-order chi connectivity index (χ0) is 14.4. The van der Waals surface area contributed by atoms with Crippen LogP contribution in [0.1, 0.15) is 29.8 Å². The molecule has 2 bridgehead atoms. The van der Waals surface area contributed by atoms with Gasteiger partial charge in [0.25, 0.3) is 5.91 Å².